The van der Waals surface area contributed by atoms with Gasteiger partial charge in [-0.05, 0) is 28.3 Å². The molecule has 1 aliphatic carbocycles. The number of nitrogens with zero attached hydrogens (tertiary/aromatic N) is 2. The van der Waals surface area contributed by atoms with Crippen LogP contribution in [0.25, 0.3) is 0 Å². The third kappa shape index (κ3) is 3.89. The molecule has 2 rings (SSSR count). The molecule has 1 aromatic rings. The van der Waals surface area contributed by atoms with Crippen molar-refractivity contribution in [1.82, 2.24) is 4.98 Å². The minimum absolute atomic E-state index is 0.0259. The average Bonchev–Trinajstić information content (AvgIpc) is 2.41. The number of nitrogens with one attached hydrogen (secondary N) is 1. The quantitative estimate of drug-likeness (QED) is 0.652. The minimum Gasteiger partial charge on any atom is -0.378 e. The summed E-state index contributed by atoms with van der Waals surface area (Å²) >= 11 is 3.31. The van der Waals surface area contributed by atoms with E-state index in [-0.39, 0.29) is 5.69 Å². The summed E-state index contributed by atoms with van der Waals surface area (Å²) in [5.41, 5.74) is 0.564. The van der Waals surface area contributed by atoms with Crippen molar-refractivity contribution in [1.29, 1.82) is 0 Å². The number of pyridine rings is 1. The van der Waals surface area contributed by atoms with E-state index >= 15 is 0 Å². The van der Waals surface area contributed by atoms with Crippen molar-refractivity contribution in [3.63, 3.8) is 0 Å². The Kier molecular flexibility index (Phi) is 5.13. The SMILES string of the molecule is O=[N+]([O-])c1cncc(Br)c1NCCC1CCCCC1. The van der Waals surface area contributed by atoms with E-state index in [1.165, 1.54) is 38.3 Å². The van der Waals surface area contributed by atoms with Crippen molar-refractivity contribution in [2.24, 2.45) is 5.92 Å². The zero-order chi connectivity index (χ0) is 13.7. The first-order valence-electron chi connectivity index (χ1n) is 6.70. The number of aromatic nitrogens is 1. The van der Waals surface area contributed by atoms with Gasteiger partial charge in [-0.3, -0.25) is 15.1 Å². The van der Waals surface area contributed by atoms with Gasteiger partial charge in [-0.2, -0.15) is 0 Å². The van der Waals surface area contributed by atoms with Gasteiger partial charge in [0.25, 0.3) is 0 Å². The molecule has 19 heavy (non-hydrogen) atoms. The van der Waals surface area contributed by atoms with Gasteiger partial charge in [0, 0.05) is 12.7 Å². The third-order valence-electron chi connectivity index (χ3n) is 3.66. The molecule has 0 unspecified atom stereocenters. The lowest BCUT2D eigenvalue weighted by molar-refractivity contribution is -0.384. The largest absolute Gasteiger partial charge is 0.378 e. The average molecular weight is 328 g/mol. The molecule has 0 atom stereocenters. The van der Waals surface area contributed by atoms with Crippen LogP contribution in [-0.4, -0.2) is 16.5 Å². The van der Waals surface area contributed by atoms with E-state index in [0.29, 0.717) is 10.2 Å². The predicted molar refractivity (Wildman–Crippen MR) is 78.3 cm³/mol. The third-order valence-corrected chi connectivity index (χ3v) is 4.26. The number of hydrogen-bond acceptors (Lipinski definition) is 4. The van der Waals surface area contributed by atoms with Gasteiger partial charge in [0.2, 0.25) is 0 Å². The van der Waals surface area contributed by atoms with Gasteiger partial charge in [-0.25, -0.2) is 0 Å². The van der Waals surface area contributed by atoms with Crippen molar-refractivity contribution in [3.05, 3.63) is 27.0 Å². The molecule has 0 bridgehead atoms. The van der Waals surface area contributed by atoms with Crippen molar-refractivity contribution < 1.29 is 4.92 Å². The van der Waals surface area contributed by atoms with E-state index in [1.54, 1.807) is 6.20 Å². The molecule has 104 valence electrons. The molecule has 1 heterocycles. The minimum atomic E-state index is -0.402. The van der Waals surface area contributed by atoms with Crippen LogP contribution in [0.1, 0.15) is 38.5 Å². The number of halogens is 1. The van der Waals surface area contributed by atoms with Gasteiger partial charge in [0.15, 0.2) is 0 Å². The summed E-state index contributed by atoms with van der Waals surface area (Å²) < 4.78 is 0.644. The Hall–Kier alpha value is -1.17. The van der Waals surface area contributed by atoms with Crippen molar-refractivity contribution in [3.8, 4) is 0 Å². The van der Waals surface area contributed by atoms with E-state index < -0.39 is 4.92 Å². The van der Waals surface area contributed by atoms with Crippen molar-refractivity contribution in [2.45, 2.75) is 38.5 Å². The summed E-state index contributed by atoms with van der Waals surface area (Å²) in [6.45, 7) is 0.772. The highest BCUT2D eigenvalue weighted by molar-refractivity contribution is 9.10. The second-order valence-corrected chi connectivity index (χ2v) is 5.85. The topological polar surface area (TPSA) is 68.1 Å². The second kappa shape index (κ2) is 6.84. The molecular weight excluding hydrogens is 310 g/mol. The van der Waals surface area contributed by atoms with E-state index in [4.69, 9.17) is 0 Å². The Balaban J connectivity index is 1.93. The van der Waals surface area contributed by atoms with Gasteiger partial charge in [0.1, 0.15) is 11.9 Å². The Morgan fingerprint density at radius 2 is 2.11 bits per heavy atom. The number of anilines is 1. The summed E-state index contributed by atoms with van der Waals surface area (Å²) in [4.78, 5) is 14.4. The molecule has 1 N–H and O–H groups in total. The first-order valence-corrected chi connectivity index (χ1v) is 7.49. The molecule has 0 spiro atoms. The van der Waals surface area contributed by atoms with Gasteiger partial charge in [0.05, 0.1) is 9.40 Å². The van der Waals surface area contributed by atoms with Crippen LogP contribution < -0.4 is 5.32 Å². The molecule has 6 heteroatoms. The molecule has 0 saturated heterocycles. The van der Waals surface area contributed by atoms with Gasteiger partial charge >= 0.3 is 5.69 Å². The Labute approximate surface area is 121 Å². The normalized spacial score (nSPS) is 16.3. The smallest absolute Gasteiger partial charge is 0.311 e. The van der Waals surface area contributed by atoms with Crippen LogP contribution in [0.5, 0.6) is 0 Å². The molecule has 0 amide bonds. The fourth-order valence-electron chi connectivity index (χ4n) is 2.62. The van der Waals surface area contributed by atoms with Crippen molar-refractivity contribution in [2.75, 3.05) is 11.9 Å². The fourth-order valence-corrected chi connectivity index (χ4v) is 3.08. The second-order valence-electron chi connectivity index (χ2n) is 4.99. The zero-order valence-corrected chi connectivity index (χ0v) is 12.4. The van der Waals surface area contributed by atoms with E-state index in [1.807, 2.05) is 0 Å². The lowest BCUT2D eigenvalue weighted by atomic mass is 9.87. The van der Waals surface area contributed by atoms with E-state index in [0.717, 1.165) is 18.9 Å². The highest BCUT2D eigenvalue weighted by atomic mass is 79.9. The van der Waals surface area contributed by atoms with Crippen LogP contribution in [0.15, 0.2) is 16.9 Å². The molecule has 0 aliphatic heterocycles. The van der Waals surface area contributed by atoms with Gasteiger partial charge in [-0.15, -0.1) is 0 Å². The number of nitro groups is 1. The summed E-state index contributed by atoms with van der Waals surface area (Å²) in [7, 11) is 0. The maximum absolute atomic E-state index is 10.9. The molecule has 1 fully saturated rings. The summed E-state index contributed by atoms with van der Waals surface area (Å²) in [5.74, 6) is 0.765. The first kappa shape index (κ1) is 14.2. The Morgan fingerprint density at radius 3 is 2.79 bits per heavy atom. The summed E-state index contributed by atoms with van der Waals surface area (Å²) in [5, 5.41) is 14.1. The predicted octanol–water partition coefficient (Wildman–Crippen LogP) is 4.13. The van der Waals surface area contributed by atoms with Crippen LogP contribution in [0.4, 0.5) is 11.4 Å². The van der Waals surface area contributed by atoms with Crippen LogP contribution in [0, 0.1) is 16.0 Å². The summed E-state index contributed by atoms with van der Waals surface area (Å²) in [6.07, 6.45) is 10.5. The van der Waals surface area contributed by atoms with E-state index in [9.17, 15) is 10.1 Å². The Morgan fingerprint density at radius 1 is 1.37 bits per heavy atom. The van der Waals surface area contributed by atoms with Gasteiger partial charge in [-0.1, -0.05) is 32.1 Å². The molecule has 1 aromatic heterocycles. The molecule has 0 radical (unpaired) electrons. The molecule has 5 nitrogen and oxygen atoms in total. The van der Waals surface area contributed by atoms with Gasteiger partial charge < -0.3 is 5.32 Å². The maximum atomic E-state index is 10.9. The van der Waals surface area contributed by atoms with Crippen LogP contribution >= 0.6 is 15.9 Å². The zero-order valence-electron chi connectivity index (χ0n) is 10.8. The summed E-state index contributed by atoms with van der Waals surface area (Å²) in [6, 6.07) is 0. The highest BCUT2D eigenvalue weighted by Crippen LogP contribution is 2.32. The first-order chi connectivity index (χ1) is 9.18. The Bertz CT molecular complexity index is 448. The van der Waals surface area contributed by atoms with Crippen LogP contribution in [0.3, 0.4) is 0 Å². The standard InChI is InChI=1S/C13H18BrN3O2/c14-11-8-15-9-12(17(18)19)13(11)16-7-6-10-4-2-1-3-5-10/h8-10H,1-7H2,(H,15,16). The highest BCUT2D eigenvalue weighted by Gasteiger charge is 2.18. The van der Waals surface area contributed by atoms with Crippen LogP contribution in [-0.2, 0) is 0 Å². The lowest BCUT2D eigenvalue weighted by Crippen LogP contribution is -2.13. The molecule has 1 aliphatic rings. The fraction of sp³-hybridized carbons (Fsp3) is 0.615. The van der Waals surface area contributed by atoms with Crippen molar-refractivity contribution >= 4 is 27.3 Å². The lowest BCUT2D eigenvalue weighted by Gasteiger charge is -2.21. The monoisotopic (exact) mass is 327 g/mol. The maximum Gasteiger partial charge on any atom is 0.311 e. The molecular formula is C13H18BrN3O2. The molecule has 1 saturated carbocycles. The van der Waals surface area contributed by atoms with E-state index in [2.05, 4.69) is 26.2 Å². The van der Waals surface area contributed by atoms with Crippen LogP contribution in [0.2, 0.25) is 0 Å². The number of rotatable bonds is 5. The molecule has 0 aromatic carbocycles. The number of hydrogen-bond donors (Lipinski definition) is 1.